The van der Waals surface area contributed by atoms with Crippen molar-refractivity contribution in [2.75, 3.05) is 13.1 Å². The standard InChI is InChI=1S/C12H21N3O5/c1-6(16)15-10(12(19)20)2-7(4-13)11(18)9-3-8(17)5-14-9/h7-10,14,17H,2-5,13H2,1H3,(H,15,16)(H,19,20)/t7?,8-,9+,10+/m1/s1. The first-order valence-corrected chi connectivity index (χ1v) is 6.50. The van der Waals surface area contributed by atoms with Crippen molar-refractivity contribution in [3.05, 3.63) is 0 Å². The molecule has 1 saturated heterocycles. The average molecular weight is 287 g/mol. The van der Waals surface area contributed by atoms with Gasteiger partial charge in [0.05, 0.1) is 12.1 Å². The van der Waals surface area contributed by atoms with Crippen molar-refractivity contribution >= 4 is 17.7 Å². The van der Waals surface area contributed by atoms with E-state index in [-0.39, 0.29) is 18.7 Å². The van der Waals surface area contributed by atoms with Gasteiger partial charge in [0, 0.05) is 25.9 Å². The molecule has 0 aromatic heterocycles. The van der Waals surface area contributed by atoms with Crippen molar-refractivity contribution in [2.24, 2.45) is 11.7 Å². The fourth-order valence-electron chi connectivity index (χ4n) is 2.30. The van der Waals surface area contributed by atoms with Crippen LogP contribution in [0.1, 0.15) is 19.8 Å². The van der Waals surface area contributed by atoms with Gasteiger partial charge >= 0.3 is 5.97 Å². The summed E-state index contributed by atoms with van der Waals surface area (Å²) in [4.78, 5) is 34.2. The molecule has 0 aliphatic carbocycles. The van der Waals surface area contributed by atoms with Gasteiger partial charge in [0.25, 0.3) is 0 Å². The van der Waals surface area contributed by atoms with Gasteiger partial charge in [-0.25, -0.2) is 4.79 Å². The van der Waals surface area contributed by atoms with Gasteiger partial charge in [-0.05, 0) is 12.8 Å². The molecule has 0 bridgehead atoms. The van der Waals surface area contributed by atoms with Crippen molar-refractivity contribution in [3.63, 3.8) is 0 Å². The van der Waals surface area contributed by atoms with Crippen LogP contribution in [-0.4, -0.2) is 59.1 Å². The molecule has 8 nitrogen and oxygen atoms in total. The summed E-state index contributed by atoms with van der Waals surface area (Å²) in [5.74, 6) is -2.58. The predicted octanol–water partition coefficient (Wildman–Crippen LogP) is -2.17. The van der Waals surface area contributed by atoms with Gasteiger partial charge in [0.1, 0.15) is 6.04 Å². The molecule has 8 heteroatoms. The quantitative estimate of drug-likeness (QED) is 0.359. The Bertz CT molecular complexity index is 387. The zero-order valence-electron chi connectivity index (χ0n) is 11.3. The fourth-order valence-corrected chi connectivity index (χ4v) is 2.30. The molecule has 0 saturated carbocycles. The monoisotopic (exact) mass is 287 g/mol. The number of nitrogens with two attached hydrogens (primary N) is 1. The van der Waals surface area contributed by atoms with E-state index in [9.17, 15) is 19.5 Å². The third-order valence-corrected chi connectivity index (χ3v) is 3.33. The van der Waals surface area contributed by atoms with Crippen LogP contribution in [0.4, 0.5) is 0 Å². The summed E-state index contributed by atoms with van der Waals surface area (Å²) in [6.07, 6.45) is -0.334. The minimum Gasteiger partial charge on any atom is -0.480 e. The summed E-state index contributed by atoms with van der Waals surface area (Å²) >= 11 is 0. The van der Waals surface area contributed by atoms with E-state index in [1.165, 1.54) is 6.92 Å². The second kappa shape index (κ2) is 7.32. The van der Waals surface area contributed by atoms with Crippen LogP contribution < -0.4 is 16.4 Å². The van der Waals surface area contributed by atoms with Crippen LogP contribution in [0.2, 0.25) is 0 Å². The number of aliphatic hydroxyl groups excluding tert-OH is 1. The lowest BCUT2D eigenvalue weighted by atomic mass is 9.90. The van der Waals surface area contributed by atoms with E-state index in [0.717, 1.165) is 0 Å². The van der Waals surface area contributed by atoms with Crippen molar-refractivity contribution in [1.29, 1.82) is 0 Å². The SMILES string of the molecule is CC(=O)N[C@@H](CC(CN)C(=O)[C@@H]1C[C@@H](O)CN1)C(=O)O. The van der Waals surface area contributed by atoms with Crippen molar-refractivity contribution in [2.45, 2.75) is 38.0 Å². The maximum absolute atomic E-state index is 12.2. The first-order chi connectivity index (χ1) is 9.35. The number of aliphatic carboxylic acids is 1. The molecule has 6 N–H and O–H groups in total. The molecule has 1 aliphatic rings. The number of ketones is 1. The molecule has 0 spiro atoms. The lowest BCUT2D eigenvalue weighted by Crippen LogP contribution is -2.46. The molecule has 1 aliphatic heterocycles. The van der Waals surface area contributed by atoms with Crippen LogP contribution in [0, 0.1) is 5.92 Å². The Kier molecular flexibility index (Phi) is 6.05. The van der Waals surface area contributed by atoms with E-state index in [1.54, 1.807) is 0 Å². The van der Waals surface area contributed by atoms with Gasteiger partial charge in [-0.3, -0.25) is 9.59 Å². The highest BCUT2D eigenvalue weighted by Gasteiger charge is 2.34. The van der Waals surface area contributed by atoms with E-state index < -0.39 is 36.0 Å². The van der Waals surface area contributed by atoms with Crippen molar-refractivity contribution in [3.8, 4) is 0 Å². The number of hydrogen-bond acceptors (Lipinski definition) is 6. The Morgan fingerprint density at radius 2 is 2.10 bits per heavy atom. The third kappa shape index (κ3) is 4.55. The molecule has 0 aromatic rings. The number of Topliss-reactive ketones (excluding diaryl/α,β-unsaturated/α-hetero) is 1. The van der Waals surface area contributed by atoms with E-state index in [0.29, 0.717) is 13.0 Å². The highest BCUT2D eigenvalue weighted by atomic mass is 16.4. The van der Waals surface area contributed by atoms with Crippen LogP contribution >= 0.6 is 0 Å². The number of β-amino-alcohol motifs (C(OH)–C–C–N with tert-alkyl or cyclic N) is 1. The summed E-state index contributed by atoms with van der Waals surface area (Å²) in [6.45, 7) is 1.54. The van der Waals surface area contributed by atoms with Crippen LogP contribution in [0.5, 0.6) is 0 Å². The maximum Gasteiger partial charge on any atom is 0.326 e. The Hall–Kier alpha value is -1.51. The number of rotatable bonds is 7. The number of amides is 1. The lowest BCUT2D eigenvalue weighted by Gasteiger charge is -2.22. The van der Waals surface area contributed by atoms with Crippen LogP contribution in [-0.2, 0) is 14.4 Å². The summed E-state index contributed by atoms with van der Waals surface area (Å²) in [5, 5.41) is 23.6. The van der Waals surface area contributed by atoms with Crippen molar-refractivity contribution < 1.29 is 24.6 Å². The molecular weight excluding hydrogens is 266 g/mol. The topological polar surface area (TPSA) is 142 Å². The zero-order valence-corrected chi connectivity index (χ0v) is 11.3. The number of aliphatic hydroxyl groups is 1. The molecule has 1 rings (SSSR count). The number of carbonyl (C=O) groups is 3. The maximum atomic E-state index is 12.2. The predicted molar refractivity (Wildman–Crippen MR) is 69.8 cm³/mol. The van der Waals surface area contributed by atoms with Gasteiger partial charge in [0.15, 0.2) is 5.78 Å². The molecule has 0 radical (unpaired) electrons. The fraction of sp³-hybridized carbons (Fsp3) is 0.750. The summed E-state index contributed by atoms with van der Waals surface area (Å²) in [7, 11) is 0. The summed E-state index contributed by atoms with van der Waals surface area (Å²) < 4.78 is 0. The Balaban J connectivity index is 2.66. The Morgan fingerprint density at radius 1 is 1.45 bits per heavy atom. The number of nitrogens with one attached hydrogen (secondary N) is 2. The Morgan fingerprint density at radius 3 is 2.50 bits per heavy atom. The van der Waals surface area contributed by atoms with E-state index in [4.69, 9.17) is 10.8 Å². The number of carboxylic acid groups (broad SMARTS) is 1. The minimum absolute atomic E-state index is 0.00350. The normalized spacial score (nSPS) is 24.9. The van der Waals surface area contributed by atoms with Gasteiger partial charge < -0.3 is 26.6 Å². The van der Waals surface area contributed by atoms with Crippen molar-refractivity contribution in [1.82, 2.24) is 10.6 Å². The molecule has 0 aromatic carbocycles. The van der Waals surface area contributed by atoms with Gasteiger partial charge in [-0.2, -0.15) is 0 Å². The van der Waals surface area contributed by atoms with Gasteiger partial charge in [-0.1, -0.05) is 0 Å². The van der Waals surface area contributed by atoms with Crippen LogP contribution in [0.3, 0.4) is 0 Å². The summed E-state index contributed by atoms with van der Waals surface area (Å²) in [5.41, 5.74) is 5.54. The molecule has 1 amide bonds. The second-order valence-electron chi connectivity index (χ2n) is 5.01. The highest BCUT2D eigenvalue weighted by Crippen LogP contribution is 2.16. The van der Waals surface area contributed by atoms with E-state index in [1.807, 2.05) is 0 Å². The minimum atomic E-state index is -1.20. The highest BCUT2D eigenvalue weighted by molar-refractivity contribution is 5.88. The van der Waals surface area contributed by atoms with Crippen LogP contribution in [0.25, 0.3) is 0 Å². The first kappa shape index (κ1) is 16.5. The molecular formula is C12H21N3O5. The molecule has 1 fully saturated rings. The van der Waals surface area contributed by atoms with E-state index >= 15 is 0 Å². The molecule has 1 unspecified atom stereocenters. The number of carbonyl (C=O) groups excluding carboxylic acids is 2. The second-order valence-corrected chi connectivity index (χ2v) is 5.01. The number of carboxylic acids is 1. The molecule has 20 heavy (non-hydrogen) atoms. The summed E-state index contributed by atoms with van der Waals surface area (Å²) in [6, 6.07) is -1.65. The van der Waals surface area contributed by atoms with Crippen LogP contribution in [0.15, 0.2) is 0 Å². The van der Waals surface area contributed by atoms with Gasteiger partial charge in [0.2, 0.25) is 5.91 Å². The average Bonchev–Trinajstić information content (AvgIpc) is 2.79. The smallest absolute Gasteiger partial charge is 0.326 e. The number of hydrogen-bond donors (Lipinski definition) is 5. The first-order valence-electron chi connectivity index (χ1n) is 6.50. The lowest BCUT2D eigenvalue weighted by molar-refractivity contribution is -0.142. The van der Waals surface area contributed by atoms with E-state index in [2.05, 4.69) is 10.6 Å². The third-order valence-electron chi connectivity index (χ3n) is 3.33. The molecule has 1 heterocycles. The largest absolute Gasteiger partial charge is 0.480 e. The molecule has 4 atom stereocenters. The zero-order chi connectivity index (χ0) is 15.3. The Labute approximate surface area is 116 Å². The molecule has 114 valence electrons. The van der Waals surface area contributed by atoms with Gasteiger partial charge in [-0.15, -0.1) is 0 Å².